The summed E-state index contributed by atoms with van der Waals surface area (Å²) < 4.78 is 20.5. The van der Waals surface area contributed by atoms with E-state index in [-0.39, 0.29) is 0 Å². The smallest absolute Gasteiger partial charge is 0.254 e. The lowest BCUT2D eigenvalue weighted by Gasteiger charge is -2.27. The molecule has 0 aromatic heterocycles. The highest BCUT2D eigenvalue weighted by Crippen LogP contribution is 2.48. The first-order valence-corrected chi connectivity index (χ1v) is 14.6. The van der Waals surface area contributed by atoms with Crippen LogP contribution in [0.3, 0.4) is 0 Å². The van der Waals surface area contributed by atoms with Gasteiger partial charge in [0.1, 0.15) is 0 Å². The van der Waals surface area contributed by atoms with Gasteiger partial charge in [0.05, 0.1) is 0 Å². The van der Waals surface area contributed by atoms with E-state index in [1.807, 2.05) is 16.8 Å². The Bertz CT molecular complexity index is 1550. The molecule has 0 saturated carbocycles. The second kappa shape index (κ2) is 11.5. The van der Waals surface area contributed by atoms with Gasteiger partial charge in [0.25, 0.3) is 7.44 Å². The van der Waals surface area contributed by atoms with E-state index in [4.69, 9.17) is 0 Å². The number of rotatable bonds is 10. The van der Waals surface area contributed by atoms with Crippen LogP contribution >= 0.6 is 7.44 Å². The average Bonchev–Trinajstić information content (AvgIpc) is 2.94. The van der Waals surface area contributed by atoms with Gasteiger partial charge in [-0.05, 0) is 50.9 Å². The predicted molar refractivity (Wildman–Crippen MR) is 155 cm³/mol. The first-order chi connectivity index (χ1) is 18.1. The SMILES string of the molecule is CP(=O)(/N=C/c1cc#ccc1)N(CCNCc1cccc2ccccc12)Cc1cccc2ccccc12. The van der Waals surface area contributed by atoms with Crippen LogP contribution in [-0.4, -0.2) is 30.6 Å². The quantitative estimate of drug-likeness (QED) is 0.125. The van der Waals surface area contributed by atoms with Crippen LogP contribution in [0, 0.1) is 12.1 Å². The molecule has 0 aliphatic rings. The van der Waals surface area contributed by atoms with Crippen molar-refractivity contribution in [2.24, 2.45) is 4.76 Å². The van der Waals surface area contributed by atoms with E-state index in [1.54, 1.807) is 25.0 Å². The zero-order chi connectivity index (χ0) is 25.5. The lowest BCUT2D eigenvalue weighted by Crippen LogP contribution is -2.29. The highest BCUT2D eigenvalue weighted by atomic mass is 31.2. The Labute approximate surface area is 219 Å². The molecule has 0 amide bonds. The maximum atomic E-state index is 13.9. The maximum absolute atomic E-state index is 13.9. The molecule has 0 saturated heterocycles. The zero-order valence-electron chi connectivity index (χ0n) is 21.0. The molecule has 0 spiro atoms. The Hall–Kier alpha value is -3.74. The number of hydrogen-bond donors (Lipinski definition) is 1. The summed E-state index contributed by atoms with van der Waals surface area (Å²) in [6, 6.07) is 40.7. The standard InChI is InChI=1S/C32H30N3OP/c1-37(36,34-23-26-11-3-2-4-12-26)35(25-30-18-10-16-28-14-6-8-20-32(28)30)22-21-33-24-29-17-9-15-27-13-5-7-19-31(27)29/h3,5-20,23,33H,21-22,24-25H2,1H3/b34-23+. The molecule has 5 rings (SSSR count). The molecule has 37 heavy (non-hydrogen) atoms. The van der Waals surface area contributed by atoms with E-state index in [1.165, 1.54) is 27.1 Å². The molecule has 184 valence electrons. The van der Waals surface area contributed by atoms with Gasteiger partial charge in [0.2, 0.25) is 0 Å². The Morgan fingerprint density at radius 3 is 2.19 bits per heavy atom. The van der Waals surface area contributed by atoms with Crippen molar-refractivity contribution in [3.8, 4) is 0 Å². The van der Waals surface area contributed by atoms with Crippen LogP contribution in [0.5, 0.6) is 0 Å². The van der Waals surface area contributed by atoms with Crippen LogP contribution in [-0.2, 0) is 17.7 Å². The third kappa shape index (κ3) is 6.16. The minimum atomic E-state index is -3.02. The Kier molecular flexibility index (Phi) is 7.78. The van der Waals surface area contributed by atoms with Crippen LogP contribution < -0.4 is 5.32 Å². The summed E-state index contributed by atoms with van der Waals surface area (Å²) in [7, 11) is -3.02. The normalized spacial score (nSPS) is 13.2. The van der Waals surface area contributed by atoms with E-state index in [2.05, 4.69) is 101 Å². The fourth-order valence-corrected chi connectivity index (χ4v) is 5.97. The summed E-state index contributed by atoms with van der Waals surface area (Å²) in [5.41, 5.74) is 3.26. The third-order valence-electron chi connectivity index (χ3n) is 6.60. The van der Waals surface area contributed by atoms with Crippen LogP contribution in [0.2, 0.25) is 0 Å². The lowest BCUT2D eigenvalue weighted by molar-refractivity contribution is 0.402. The first-order valence-electron chi connectivity index (χ1n) is 12.5. The molecule has 0 radical (unpaired) electrons. The molecule has 4 nitrogen and oxygen atoms in total. The fourth-order valence-electron chi connectivity index (χ4n) is 4.59. The molecule has 0 aliphatic carbocycles. The Morgan fingerprint density at radius 1 is 0.838 bits per heavy atom. The molecule has 1 N–H and O–H groups in total. The summed E-state index contributed by atoms with van der Waals surface area (Å²) in [4.78, 5) is 0. The Balaban J connectivity index is 1.35. The number of benzene rings is 4. The molecule has 0 bridgehead atoms. The van der Waals surface area contributed by atoms with Gasteiger partial charge in [0.15, 0.2) is 0 Å². The van der Waals surface area contributed by atoms with Gasteiger partial charge in [-0.1, -0.05) is 97.1 Å². The number of nitrogens with zero attached hydrogens (tertiary/aromatic N) is 2. The largest absolute Gasteiger partial charge is 0.311 e. The van der Waals surface area contributed by atoms with Crippen LogP contribution in [0.15, 0.2) is 108 Å². The molecule has 0 fully saturated rings. The van der Waals surface area contributed by atoms with E-state index < -0.39 is 7.44 Å². The Morgan fingerprint density at radius 2 is 1.49 bits per heavy atom. The summed E-state index contributed by atoms with van der Waals surface area (Å²) in [6.07, 6.45) is 1.69. The monoisotopic (exact) mass is 503 g/mol. The van der Waals surface area contributed by atoms with E-state index in [9.17, 15) is 4.57 Å². The zero-order valence-corrected chi connectivity index (χ0v) is 21.9. The minimum Gasteiger partial charge on any atom is -0.311 e. The predicted octanol–water partition coefficient (Wildman–Crippen LogP) is 7.13. The molecule has 5 heteroatoms. The molecular formula is C32H30N3OP. The van der Waals surface area contributed by atoms with Gasteiger partial charge in [-0.25, -0.2) is 9.43 Å². The average molecular weight is 504 g/mol. The summed E-state index contributed by atoms with van der Waals surface area (Å²) in [5, 5.41) is 8.42. The van der Waals surface area contributed by atoms with Gasteiger partial charge in [-0.2, -0.15) is 0 Å². The van der Waals surface area contributed by atoms with E-state index in [0.29, 0.717) is 19.6 Å². The van der Waals surface area contributed by atoms with Crippen molar-refractivity contribution in [1.29, 1.82) is 0 Å². The molecule has 1 unspecified atom stereocenters. The topological polar surface area (TPSA) is 44.7 Å². The number of nitrogens with one attached hydrogen (secondary N) is 1. The van der Waals surface area contributed by atoms with Crippen LogP contribution in [0.25, 0.3) is 21.5 Å². The van der Waals surface area contributed by atoms with Gasteiger partial charge < -0.3 is 5.32 Å². The van der Waals surface area contributed by atoms with Crippen molar-refractivity contribution in [2.45, 2.75) is 13.1 Å². The second-order valence-corrected chi connectivity index (χ2v) is 11.7. The number of fused-ring (bicyclic) bond motifs is 2. The van der Waals surface area contributed by atoms with Crippen molar-refractivity contribution in [3.05, 3.63) is 132 Å². The van der Waals surface area contributed by atoms with Crippen molar-refractivity contribution in [3.63, 3.8) is 0 Å². The summed E-state index contributed by atoms with van der Waals surface area (Å²) in [6.45, 7) is 4.34. The molecule has 1 atom stereocenters. The first kappa shape index (κ1) is 24.9. The van der Waals surface area contributed by atoms with Crippen molar-refractivity contribution >= 4 is 35.2 Å². The van der Waals surface area contributed by atoms with Gasteiger partial charge in [-0.3, -0.25) is 4.57 Å². The molecule has 5 aromatic carbocycles. The molecule has 0 aliphatic heterocycles. The fraction of sp³-hybridized carbons (Fsp3) is 0.156. The highest BCUT2D eigenvalue weighted by Gasteiger charge is 2.24. The molecule has 5 aromatic rings. The van der Waals surface area contributed by atoms with Crippen molar-refractivity contribution in [2.75, 3.05) is 19.8 Å². The van der Waals surface area contributed by atoms with Crippen LogP contribution in [0.1, 0.15) is 16.7 Å². The highest BCUT2D eigenvalue weighted by molar-refractivity contribution is 7.59. The van der Waals surface area contributed by atoms with Gasteiger partial charge >= 0.3 is 0 Å². The van der Waals surface area contributed by atoms with Gasteiger partial charge in [0, 0.05) is 44.6 Å². The molecular weight excluding hydrogens is 473 g/mol. The second-order valence-electron chi connectivity index (χ2n) is 9.19. The van der Waals surface area contributed by atoms with Crippen LogP contribution in [0.4, 0.5) is 0 Å². The maximum Gasteiger partial charge on any atom is 0.254 e. The van der Waals surface area contributed by atoms with Crippen molar-refractivity contribution in [1.82, 2.24) is 9.99 Å². The summed E-state index contributed by atoms with van der Waals surface area (Å²) >= 11 is 0. The summed E-state index contributed by atoms with van der Waals surface area (Å²) in [5.74, 6) is 0. The number of hydrogen-bond acceptors (Lipinski definition) is 2. The van der Waals surface area contributed by atoms with Gasteiger partial charge in [-0.15, -0.1) is 0 Å². The molecule has 0 heterocycles. The van der Waals surface area contributed by atoms with E-state index in [0.717, 1.165) is 17.7 Å². The van der Waals surface area contributed by atoms with Crippen molar-refractivity contribution < 1.29 is 4.57 Å². The lowest BCUT2D eigenvalue weighted by atomic mass is 10.0. The third-order valence-corrected chi connectivity index (χ3v) is 8.54. The minimum absolute atomic E-state index is 0.553. The van der Waals surface area contributed by atoms with E-state index >= 15 is 0 Å².